The fourth-order valence-corrected chi connectivity index (χ4v) is 2.16. The van der Waals surface area contributed by atoms with E-state index in [-0.39, 0.29) is 5.84 Å². The molecule has 96 valence electrons. The summed E-state index contributed by atoms with van der Waals surface area (Å²) < 4.78 is 0. The molecule has 2 fully saturated rings. The van der Waals surface area contributed by atoms with Crippen LogP contribution in [0.5, 0.6) is 0 Å². The predicted octanol–water partition coefficient (Wildman–Crippen LogP) is 1.55. The summed E-state index contributed by atoms with van der Waals surface area (Å²) in [5.74, 6) is 1.98. The average Bonchev–Trinajstić information content (AvgIpc) is 3.28. The highest BCUT2D eigenvalue weighted by molar-refractivity contribution is 5.96. The lowest BCUT2D eigenvalue weighted by Crippen LogP contribution is -2.29. The molecule has 0 radical (unpaired) electrons. The van der Waals surface area contributed by atoms with Gasteiger partial charge in [-0.2, -0.15) is 0 Å². The van der Waals surface area contributed by atoms with Crippen LogP contribution in [0, 0.1) is 5.92 Å². The van der Waals surface area contributed by atoms with Gasteiger partial charge in [0.1, 0.15) is 5.82 Å². The zero-order valence-electron chi connectivity index (χ0n) is 10.3. The number of pyridine rings is 1. The van der Waals surface area contributed by atoms with Gasteiger partial charge in [0.25, 0.3) is 0 Å². The first-order valence-corrected chi connectivity index (χ1v) is 6.48. The molecule has 18 heavy (non-hydrogen) atoms. The monoisotopic (exact) mass is 246 g/mol. The van der Waals surface area contributed by atoms with Gasteiger partial charge in [0, 0.05) is 24.3 Å². The van der Waals surface area contributed by atoms with E-state index in [2.05, 4.69) is 15.0 Å². The van der Waals surface area contributed by atoms with Gasteiger partial charge in [-0.05, 0) is 43.7 Å². The van der Waals surface area contributed by atoms with Crippen molar-refractivity contribution < 1.29 is 5.21 Å². The third-order valence-electron chi connectivity index (χ3n) is 3.59. The largest absolute Gasteiger partial charge is 0.409 e. The summed E-state index contributed by atoms with van der Waals surface area (Å²) in [5.41, 5.74) is 6.19. The standard InChI is InChI=1S/C13H18N4O/c14-13(16-18)10-3-6-12(15-7-10)17(11-4-5-11)8-9-1-2-9/h3,6-7,9,11,18H,1-2,4-5,8H2,(H2,14,16). The van der Waals surface area contributed by atoms with Crippen LogP contribution in [0.4, 0.5) is 5.82 Å². The van der Waals surface area contributed by atoms with Crippen LogP contribution in [0.3, 0.4) is 0 Å². The first-order chi connectivity index (χ1) is 8.78. The Hall–Kier alpha value is -1.78. The van der Waals surface area contributed by atoms with Crippen molar-refractivity contribution in [1.82, 2.24) is 4.98 Å². The SMILES string of the molecule is NC(=NO)c1ccc(N(CC2CC2)C2CC2)nc1. The highest BCUT2D eigenvalue weighted by Gasteiger charge is 2.34. The molecule has 2 saturated carbocycles. The number of hydrogen-bond acceptors (Lipinski definition) is 4. The van der Waals surface area contributed by atoms with E-state index in [9.17, 15) is 0 Å². The van der Waals surface area contributed by atoms with Crippen LogP contribution in [0.2, 0.25) is 0 Å². The molecule has 1 heterocycles. The number of nitrogens with zero attached hydrogens (tertiary/aromatic N) is 3. The summed E-state index contributed by atoms with van der Waals surface area (Å²) in [5, 5.41) is 11.6. The normalized spacial score (nSPS) is 19.9. The molecule has 2 aliphatic rings. The van der Waals surface area contributed by atoms with E-state index in [4.69, 9.17) is 10.9 Å². The molecule has 0 spiro atoms. The zero-order valence-corrected chi connectivity index (χ0v) is 10.3. The minimum Gasteiger partial charge on any atom is -0.409 e. The van der Waals surface area contributed by atoms with Crippen molar-refractivity contribution in [3.8, 4) is 0 Å². The summed E-state index contributed by atoms with van der Waals surface area (Å²) >= 11 is 0. The highest BCUT2D eigenvalue weighted by Crippen LogP contribution is 2.36. The zero-order chi connectivity index (χ0) is 12.5. The van der Waals surface area contributed by atoms with Crippen molar-refractivity contribution in [2.75, 3.05) is 11.4 Å². The fraction of sp³-hybridized carbons (Fsp3) is 0.538. The molecule has 0 bridgehead atoms. The quantitative estimate of drug-likeness (QED) is 0.358. The maximum atomic E-state index is 8.62. The third kappa shape index (κ3) is 2.39. The van der Waals surface area contributed by atoms with Gasteiger partial charge in [0.15, 0.2) is 5.84 Å². The van der Waals surface area contributed by atoms with Gasteiger partial charge in [-0.3, -0.25) is 0 Å². The first-order valence-electron chi connectivity index (χ1n) is 6.48. The second kappa shape index (κ2) is 4.48. The minimum atomic E-state index is 0.106. The van der Waals surface area contributed by atoms with Crippen LogP contribution < -0.4 is 10.6 Å². The Bertz CT molecular complexity index is 449. The van der Waals surface area contributed by atoms with E-state index in [1.54, 1.807) is 6.20 Å². The van der Waals surface area contributed by atoms with Gasteiger partial charge in [-0.25, -0.2) is 4.98 Å². The van der Waals surface area contributed by atoms with Gasteiger partial charge in [0.2, 0.25) is 0 Å². The lowest BCUT2D eigenvalue weighted by Gasteiger charge is -2.23. The molecular formula is C13H18N4O. The maximum absolute atomic E-state index is 8.62. The second-order valence-corrected chi connectivity index (χ2v) is 5.22. The van der Waals surface area contributed by atoms with Gasteiger partial charge in [-0.1, -0.05) is 5.16 Å². The van der Waals surface area contributed by atoms with Crippen molar-refractivity contribution in [1.29, 1.82) is 0 Å². The van der Waals surface area contributed by atoms with Crippen LogP contribution in [-0.4, -0.2) is 28.6 Å². The molecule has 3 rings (SSSR count). The van der Waals surface area contributed by atoms with Crippen LogP contribution in [0.15, 0.2) is 23.5 Å². The van der Waals surface area contributed by atoms with E-state index < -0.39 is 0 Å². The molecule has 0 atom stereocenters. The van der Waals surface area contributed by atoms with E-state index in [0.717, 1.165) is 18.3 Å². The lowest BCUT2D eigenvalue weighted by molar-refractivity contribution is 0.318. The molecule has 0 amide bonds. The van der Waals surface area contributed by atoms with Crippen molar-refractivity contribution in [3.05, 3.63) is 23.9 Å². The number of nitrogens with two attached hydrogens (primary N) is 1. The predicted molar refractivity (Wildman–Crippen MR) is 69.8 cm³/mol. The number of hydrogen-bond donors (Lipinski definition) is 2. The number of amidine groups is 1. The molecule has 3 N–H and O–H groups in total. The molecule has 5 heteroatoms. The van der Waals surface area contributed by atoms with Crippen molar-refractivity contribution in [3.63, 3.8) is 0 Å². The maximum Gasteiger partial charge on any atom is 0.171 e. The molecule has 0 aromatic carbocycles. The van der Waals surface area contributed by atoms with Crippen LogP contribution >= 0.6 is 0 Å². The minimum absolute atomic E-state index is 0.106. The molecule has 5 nitrogen and oxygen atoms in total. The molecule has 2 aliphatic carbocycles. The summed E-state index contributed by atoms with van der Waals surface area (Å²) in [6, 6.07) is 4.50. The molecular weight excluding hydrogens is 228 g/mol. The topological polar surface area (TPSA) is 74.7 Å². The second-order valence-electron chi connectivity index (χ2n) is 5.22. The number of oxime groups is 1. The Balaban J connectivity index is 1.76. The van der Waals surface area contributed by atoms with Crippen LogP contribution in [-0.2, 0) is 0 Å². The molecule has 1 aromatic rings. The summed E-state index contributed by atoms with van der Waals surface area (Å²) in [7, 11) is 0. The van der Waals surface area contributed by atoms with Gasteiger partial charge < -0.3 is 15.8 Å². The third-order valence-corrected chi connectivity index (χ3v) is 3.59. The Morgan fingerprint density at radius 2 is 2.17 bits per heavy atom. The van der Waals surface area contributed by atoms with E-state index in [1.165, 1.54) is 25.7 Å². The molecule has 0 aliphatic heterocycles. The van der Waals surface area contributed by atoms with Gasteiger partial charge in [0.05, 0.1) is 0 Å². The smallest absolute Gasteiger partial charge is 0.171 e. The number of anilines is 1. The summed E-state index contributed by atoms with van der Waals surface area (Å²) in [6.45, 7) is 1.13. The number of rotatable bonds is 5. The molecule has 1 aromatic heterocycles. The van der Waals surface area contributed by atoms with Gasteiger partial charge in [-0.15, -0.1) is 0 Å². The van der Waals surface area contributed by atoms with Crippen LogP contribution in [0.25, 0.3) is 0 Å². The first kappa shape index (κ1) is 11.3. The van der Waals surface area contributed by atoms with E-state index in [0.29, 0.717) is 11.6 Å². The van der Waals surface area contributed by atoms with Crippen molar-refractivity contribution >= 4 is 11.7 Å². The highest BCUT2D eigenvalue weighted by atomic mass is 16.4. The van der Waals surface area contributed by atoms with E-state index >= 15 is 0 Å². The Labute approximate surface area is 106 Å². The Morgan fingerprint density at radius 1 is 1.39 bits per heavy atom. The average molecular weight is 246 g/mol. The molecule has 0 saturated heterocycles. The lowest BCUT2D eigenvalue weighted by atomic mass is 10.2. The summed E-state index contributed by atoms with van der Waals surface area (Å²) in [4.78, 5) is 6.85. The van der Waals surface area contributed by atoms with E-state index in [1.807, 2.05) is 12.1 Å². The summed E-state index contributed by atoms with van der Waals surface area (Å²) in [6.07, 6.45) is 6.93. The van der Waals surface area contributed by atoms with Crippen molar-refractivity contribution in [2.24, 2.45) is 16.8 Å². The van der Waals surface area contributed by atoms with Crippen LogP contribution in [0.1, 0.15) is 31.2 Å². The number of aromatic nitrogens is 1. The van der Waals surface area contributed by atoms with Gasteiger partial charge >= 0.3 is 0 Å². The Morgan fingerprint density at radius 3 is 2.67 bits per heavy atom. The Kier molecular flexibility index (Phi) is 2.81. The van der Waals surface area contributed by atoms with Crippen molar-refractivity contribution in [2.45, 2.75) is 31.7 Å². The molecule has 0 unspecified atom stereocenters. The fourth-order valence-electron chi connectivity index (χ4n) is 2.16.